The van der Waals surface area contributed by atoms with E-state index < -0.39 is 0 Å². The van der Waals surface area contributed by atoms with Crippen LogP contribution in [0.25, 0.3) is 11.1 Å². The summed E-state index contributed by atoms with van der Waals surface area (Å²) >= 11 is 0. The van der Waals surface area contributed by atoms with Crippen molar-refractivity contribution in [2.45, 2.75) is 193 Å². The van der Waals surface area contributed by atoms with Crippen LogP contribution >= 0.6 is 0 Å². The molecule has 0 aromatic heterocycles. The topological polar surface area (TPSA) is 9.72 Å². The quantitative estimate of drug-likeness (QED) is 0.164. The summed E-state index contributed by atoms with van der Waals surface area (Å²) < 4.78 is 0. The first-order chi connectivity index (χ1) is 32.9. The van der Waals surface area contributed by atoms with Gasteiger partial charge in [0.05, 0.1) is 16.8 Å². The maximum Gasteiger partial charge on any atom is 0.252 e. The van der Waals surface area contributed by atoms with Gasteiger partial charge in [-0.05, 0) is 167 Å². The molecule has 0 N–H and O–H groups in total. The van der Waals surface area contributed by atoms with E-state index in [0.29, 0.717) is 0 Å². The van der Waals surface area contributed by atoms with E-state index in [-0.39, 0.29) is 44.9 Å². The number of fused-ring (bicyclic) bond motifs is 10. The van der Waals surface area contributed by atoms with E-state index in [1.165, 1.54) is 147 Å². The number of rotatable bonds is 3. The van der Waals surface area contributed by atoms with E-state index in [0.717, 1.165) is 0 Å². The zero-order valence-electron chi connectivity index (χ0n) is 45.4. The van der Waals surface area contributed by atoms with Crippen LogP contribution in [-0.4, -0.2) is 17.8 Å². The van der Waals surface area contributed by atoms with Crippen LogP contribution in [-0.2, 0) is 27.1 Å². The molecule has 4 aliphatic heterocycles. The van der Waals surface area contributed by atoms with Crippen LogP contribution in [0.1, 0.15) is 180 Å². The highest BCUT2D eigenvalue weighted by atomic mass is 15.3. The number of nitrogens with zero attached hydrogens (tertiary/aromatic N) is 3. The van der Waals surface area contributed by atoms with Crippen molar-refractivity contribution in [1.29, 1.82) is 0 Å². The fraction of sp³-hybridized carbons (Fsp3) is 0.455. The van der Waals surface area contributed by atoms with Gasteiger partial charge < -0.3 is 14.7 Å². The Bertz CT molecular complexity index is 3180. The average molecular weight is 924 g/mol. The van der Waals surface area contributed by atoms with E-state index in [1.807, 2.05) is 0 Å². The smallest absolute Gasteiger partial charge is 0.252 e. The largest absolute Gasteiger partial charge is 0.335 e. The van der Waals surface area contributed by atoms with Crippen molar-refractivity contribution >= 4 is 62.9 Å². The molecule has 2 fully saturated rings. The molecule has 0 bridgehead atoms. The number of anilines is 7. The van der Waals surface area contributed by atoms with E-state index >= 15 is 0 Å². The Morgan fingerprint density at radius 2 is 1.06 bits per heavy atom. The van der Waals surface area contributed by atoms with Crippen molar-refractivity contribution in [3.63, 3.8) is 0 Å². The van der Waals surface area contributed by atoms with Crippen molar-refractivity contribution < 1.29 is 0 Å². The molecule has 70 heavy (non-hydrogen) atoms. The third-order valence-corrected chi connectivity index (χ3v) is 19.7. The monoisotopic (exact) mass is 924 g/mol. The number of aryl methyl sites for hydroxylation is 2. The van der Waals surface area contributed by atoms with Gasteiger partial charge in [-0.15, -0.1) is 0 Å². The first-order valence-corrected chi connectivity index (χ1v) is 27.1. The Labute approximate surface area is 422 Å². The Kier molecular flexibility index (Phi) is 9.64. The minimum Gasteiger partial charge on any atom is -0.335 e. The minimum atomic E-state index is -0.0997. The zero-order valence-corrected chi connectivity index (χ0v) is 45.4. The predicted octanol–water partition coefficient (Wildman–Crippen LogP) is 16.0. The SMILES string of the molecule is Cc1cc(C)c2c(c1)N(c1cc3c4c(c1)N1c5c(cc(C(C)(C)C)cc5C5(C)CCCCC15C)B4c1cc(C(C)(C)C)ccc1N3c1ccc(C(C)(C)C)cc1-c1ccccc1)C1(C)CCCCC21C. The summed E-state index contributed by atoms with van der Waals surface area (Å²) in [6, 6.07) is 42.0. The Morgan fingerprint density at radius 3 is 1.71 bits per heavy atom. The van der Waals surface area contributed by atoms with Crippen LogP contribution in [0.4, 0.5) is 39.8 Å². The molecule has 0 spiro atoms. The first-order valence-electron chi connectivity index (χ1n) is 27.1. The summed E-state index contributed by atoms with van der Waals surface area (Å²) in [5, 5.41) is 0. The molecule has 4 heteroatoms. The zero-order chi connectivity index (χ0) is 49.5. The Hall–Kier alpha value is -5.22. The van der Waals surface area contributed by atoms with Crippen molar-refractivity contribution in [1.82, 2.24) is 0 Å². The summed E-state index contributed by atoms with van der Waals surface area (Å²) in [6.45, 7) is 36.9. The van der Waals surface area contributed by atoms with E-state index in [9.17, 15) is 0 Å². The summed E-state index contributed by atoms with van der Waals surface area (Å²) in [4.78, 5) is 8.61. The number of hydrogen-bond acceptors (Lipinski definition) is 3. The van der Waals surface area contributed by atoms with Gasteiger partial charge in [-0.2, -0.15) is 0 Å². The lowest BCUT2D eigenvalue weighted by atomic mass is 9.33. The molecule has 2 saturated carbocycles. The van der Waals surface area contributed by atoms with Crippen LogP contribution < -0.4 is 31.1 Å². The molecule has 6 aliphatic rings. The molecule has 3 nitrogen and oxygen atoms in total. The fourth-order valence-electron chi connectivity index (χ4n) is 15.4. The molecule has 6 aromatic carbocycles. The van der Waals surface area contributed by atoms with Gasteiger partial charge in [-0.1, -0.05) is 169 Å². The second-order valence-corrected chi connectivity index (χ2v) is 27.0. The average Bonchev–Trinajstić information content (AvgIpc) is 3.64. The van der Waals surface area contributed by atoms with Crippen molar-refractivity contribution in [3.05, 3.63) is 142 Å². The Morgan fingerprint density at radius 1 is 0.486 bits per heavy atom. The highest BCUT2D eigenvalue weighted by molar-refractivity contribution is 7.00. The van der Waals surface area contributed by atoms with Gasteiger partial charge in [0.15, 0.2) is 0 Å². The van der Waals surface area contributed by atoms with Gasteiger partial charge >= 0.3 is 0 Å². The van der Waals surface area contributed by atoms with Crippen LogP contribution in [0.3, 0.4) is 0 Å². The highest BCUT2D eigenvalue weighted by Crippen LogP contribution is 2.65. The molecule has 0 amide bonds. The summed E-state index contributed by atoms with van der Waals surface area (Å²) in [7, 11) is 0. The second kappa shape index (κ2) is 14.7. The minimum absolute atomic E-state index is 0.00555. The molecule has 2 aliphatic carbocycles. The number of benzene rings is 6. The Balaban J connectivity index is 1.26. The van der Waals surface area contributed by atoms with Gasteiger partial charge in [0.2, 0.25) is 0 Å². The van der Waals surface area contributed by atoms with Crippen LogP contribution in [0.2, 0.25) is 0 Å². The summed E-state index contributed by atoms with van der Waals surface area (Å²) in [5.41, 5.74) is 26.4. The molecule has 4 atom stereocenters. The third kappa shape index (κ3) is 6.07. The molecule has 0 saturated heterocycles. The molecule has 6 aromatic rings. The molecule has 4 heterocycles. The maximum absolute atomic E-state index is 2.97. The van der Waals surface area contributed by atoms with Gasteiger partial charge in [0.1, 0.15) is 0 Å². The van der Waals surface area contributed by atoms with Gasteiger partial charge in [0, 0.05) is 50.5 Å². The van der Waals surface area contributed by atoms with Gasteiger partial charge in [0.25, 0.3) is 6.71 Å². The lowest BCUT2D eigenvalue weighted by molar-refractivity contribution is 0.193. The molecular weight excluding hydrogens is 846 g/mol. The molecular formula is C66H78BN3. The second-order valence-electron chi connectivity index (χ2n) is 27.0. The van der Waals surface area contributed by atoms with E-state index in [4.69, 9.17) is 0 Å². The lowest BCUT2D eigenvalue weighted by Gasteiger charge is -2.54. The van der Waals surface area contributed by atoms with Crippen molar-refractivity contribution in [3.8, 4) is 11.1 Å². The summed E-state index contributed by atoms with van der Waals surface area (Å²) in [5.74, 6) is 0. The molecule has 12 rings (SSSR count). The highest BCUT2D eigenvalue weighted by Gasteiger charge is 2.63. The van der Waals surface area contributed by atoms with E-state index in [1.54, 1.807) is 11.1 Å². The van der Waals surface area contributed by atoms with Crippen molar-refractivity contribution in [2.24, 2.45) is 0 Å². The van der Waals surface area contributed by atoms with Gasteiger partial charge in [-0.25, -0.2) is 0 Å². The number of hydrogen-bond donors (Lipinski definition) is 0. The fourth-order valence-corrected chi connectivity index (χ4v) is 15.4. The van der Waals surface area contributed by atoms with E-state index in [2.05, 4.69) is 222 Å². The lowest BCUT2D eigenvalue weighted by Crippen LogP contribution is -2.65. The molecule has 360 valence electrons. The first kappa shape index (κ1) is 45.9. The van der Waals surface area contributed by atoms with Crippen molar-refractivity contribution in [2.75, 3.05) is 14.7 Å². The predicted molar refractivity (Wildman–Crippen MR) is 302 cm³/mol. The van der Waals surface area contributed by atoms with Gasteiger partial charge in [-0.3, -0.25) is 0 Å². The third-order valence-electron chi connectivity index (χ3n) is 19.7. The van der Waals surface area contributed by atoms with Crippen LogP contribution in [0.5, 0.6) is 0 Å². The summed E-state index contributed by atoms with van der Waals surface area (Å²) in [6.07, 6.45) is 9.81. The standard InChI is InChI=1S/C66H78BN3/c1-41-33-42(2)57-54(34-41)69(66(15)32-22-20-30-64(57,66)13)47-39-55-58-56(40-47)70-59-49(63(12)29-19-21-31-65(63,70)14)36-46(62(9,10)11)38-51(59)67(58)50-37-45(61(6,7)8)26-28-53(50)68(55)52-27-25-44(60(3,4)5)35-48(52)43-23-17-16-18-24-43/h16-18,23-28,33-40H,19-22,29-32H2,1-15H3. The van der Waals surface area contributed by atoms with Crippen LogP contribution in [0.15, 0.2) is 103 Å². The normalized spacial score (nSPS) is 25.3. The molecule has 4 unspecified atom stereocenters. The molecule has 0 radical (unpaired) electrons. The van der Waals surface area contributed by atoms with Crippen LogP contribution in [0, 0.1) is 13.8 Å². The maximum atomic E-state index is 2.97.